The molecule has 6 saturated heterocycles. The fraction of sp³-hybridized carbons (Fsp3) is 0.975. The fourth-order valence-corrected chi connectivity index (χ4v) is 11.3. The molecule has 1 spiro atoms. The average Bonchev–Trinajstić information content (AvgIpc) is 3.75. The van der Waals surface area contributed by atoms with Gasteiger partial charge in [-0.05, 0) is 83.5 Å². The lowest BCUT2D eigenvalue weighted by molar-refractivity contribution is -0.353. The van der Waals surface area contributed by atoms with E-state index >= 15 is 0 Å². The second-order valence-corrected chi connectivity index (χ2v) is 18.4. The van der Waals surface area contributed by atoms with Crippen LogP contribution in [-0.4, -0.2) is 107 Å². The number of aliphatic hydroxyl groups excluding tert-OH is 1. The van der Waals surface area contributed by atoms with Gasteiger partial charge in [-0.1, -0.05) is 41.5 Å². The lowest BCUT2D eigenvalue weighted by atomic mass is 9.78. The quantitative estimate of drug-likeness (QED) is 0.269. The van der Waals surface area contributed by atoms with Crippen molar-refractivity contribution in [3.8, 4) is 0 Å². The Morgan fingerprint density at radius 3 is 2.25 bits per heavy atom. The van der Waals surface area contributed by atoms with Crippen LogP contribution in [0.5, 0.6) is 0 Å². The lowest BCUT2D eigenvalue weighted by Crippen LogP contribution is -2.58. The second kappa shape index (κ2) is 14.6. The van der Waals surface area contributed by atoms with Gasteiger partial charge in [-0.2, -0.15) is 0 Å². The Balaban J connectivity index is 1.13. The predicted octanol–water partition coefficient (Wildman–Crippen LogP) is 5.71. The molecule has 0 aromatic rings. The van der Waals surface area contributed by atoms with Crippen LogP contribution < -0.4 is 0 Å². The molecule has 0 saturated carbocycles. The van der Waals surface area contributed by atoms with Crippen LogP contribution in [0.1, 0.15) is 120 Å². The zero-order valence-corrected chi connectivity index (χ0v) is 32.8. The van der Waals surface area contributed by atoms with Crippen molar-refractivity contribution >= 4 is 5.97 Å². The summed E-state index contributed by atoms with van der Waals surface area (Å²) >= 11 is 0. The van der Waals surface area contributed by atoms with Crippen molar-refractivity contribution < 1.29 is 53.3 Å². The number of rotatable bonds is 9. The molecule has 19 atom stereocenters. The van der Waals surface area contributed by atoms with Gasteiger partial charge in [0.05, 0.1) is 72.6 Å². The highest BCUT2D eigenvalue weighted by molar-refractivity contribution is 5.70. The number of hydrogen-bond donors (Lipinski definition) is 3. The molecule has 51 heavy (non-hydrogen) atoms. The van der Waals surface area contributed by atoms with Gasteiger partial charge in [0, 0.05) is 37.7 Å². The molecule has 6 aliphatic heterocycles. The van der Waals surface area contributed by atoms with Crippen LogP contribution in [0.2, 0.25) is 0 Å². The first-order valence-electron chi connectivity index (χ1n) is 20.0. The topological polar surface area (TPSA) is 142 Å². The predicted molar refractivity (Wildman–Crippen MR) is 189 cm³/mol. The maximum Gasteiger partial charge on any atom is 0.308 e. The van der Waals surface area contributed by atoms with Crippen molar-refractivity contribution in [1.29, 1.82) is 0 Å². The zero-order valence-electron chi connectivity index (χ0n) is 32.8. The highest BCUT2D eigenvalue weighted by Crippen LogP contribution is 2.57. The molecule has 0 amide bonds. The molecule has 6 fully saturated rings. The summed E-state index contributed by atoms with van der Waals surface area (Å²) in [6.07, 6.45) is 5.85. The number of carboxylic acid groups (broad SMARTS) is 1. The van der Waals surface area contributed by atoms with Gasteiger partial charge in [-0.3, -0.25) is 4.79 Å². The van der Waals surface area contributed by atoms with Gasteiger partial charge in [0.15, 0.2) is 11.6 Å². The second-order valence-electron chi connectivity index (χ2n) is 18.4. The average molecular weight is 725 g/mol. The van der Waals surface area contributed by atoms with E-state index in [9.17, 15) is 20.1 Å². The molecule has 3 N–H and O–H groups in total. The Morgan fingerprint density at radius 2 is 1.59 bits per heavy atom. The minimum absolute atomic E-state index is 0.00727. The first-order chi connectivity index (χ1) is 23.9. The van der Waals surface area contributed by atoms with Crippen LogP contribution in [0.25, 0.3) is 0 Å². The van der Waals surface area contributed by atoms with Crippen molar-refractivity contribution in [1.82, 2.24) is 0 Å². The number of aliphatic carboxylic acids is 1. The summed E-state index contributed by atoms with van der Waals surface area (Å²) in [5.74, 6) is -3.26. The van der Waals surface area contributed by atoms with Crippen molar-refractivity contribution in [3.63, 3.8) is 0 Å². The summed E-state index contributed by atoms with van der Waals surface area (Å²) in [6.45, 7) is 18.4. The van der Waals surface area contributed by atoms with E-state index in [1.165, 1.54) is 0 Å². The Labute approximate surface area is 305 Å². The number of carbonyl (C=O) groups is 1. The monoisotopic (exact) mass is 724 g/mol. The smallest absolute Gasteiger partial charge is 0.308 e. The number of aliphatic hydroxyl groups is 2. The lowest BCUT2D eigenvalue weighted by Gasteiger charge is -2.50. The van der Waals surface area contributed by atoms with E-state index in [0.29, 0.717) is 6.42 Å². The Bertz CT molecular complexity index is 1230. The van der Waals surface area contributed by atoms with Gasteiger partial charge in [-0.15, -0.1) is 0 Å². The van der Waals surface area contributed by atoms with Gasteiger partial charge in [0.25, 0.3) is 0 Å². The molecule has 0 bridgehead atoms. The Hall–Kier alpha value is -0.890. The first-order valence-corrected chi connectivity index (χ1v) is 20.0. The highest BCUT2D eigenvalue weighted by atomic mass is 16.7. The number of carboxylic acids is 1. The van der Waals surface area contributed by atoms with E-state index in [4.69, 9.17) is 33.2 Å². The van der Waals surface area contributed by atoms with E-state index in [2.05, 4.69) is 48.5 Å². The molecule has 2 unspecified atom stereocenters. The zero-order chi connectivity index (χ0) is 37.3. The van der Waals surface area contributed by atoms with Gasteiger partial charge in [0.1, 0.15) is 0 Å². The molecule has 0 aromatic heterocycles. The standard InChI is InChI=1S/C40H68O11/c1-21-11-12-28(46-33(21)26(6)36(42)43)17-29-18-30(45-10)27(7)40(48-29)25(5)19-38(9,51-40)32-13-14-37(8,49-32)35-23(3)16-31(47-35)34-22(2)15-24(4)39(44,20-41)50-34/h21-35,41,44H,11-20H2,1-10H3,(H,42,43)/t21-,22+,23+,24-,25+,26-,27+,28-,29-,30+,31?,32+,33?,34-,35+,37+,38-,39-,40-/m0/s1. The van der Waals surface area contributed by atoms with Crippen molar-refractivity contribution in [2.24, 2.45) is 41.4 Å². The van der Waals surface area contributed by atoms with Gasteiger partial charge >= 0.3 is 5.97 Å². The molecule has 6 rings (SSSR count). The summed E-state index contributed by atoms with van der Waals surface area (Å²) in [5.41, 5.74) is -1.10. The summed E-state index contributed by atoms with van der Waals surface area (Å²) in [4.78, 5) is 11.8. The summed E-state index contributed by atoms with van der Waals surface area (Å²) in [5, 5.41) is 30.7. The SMILES string of the molecule is CO[C@@H]1C[C@H](C[C@@H]2CC[C@H](C)C([C@H](C)C(=O)O)O2)O[C@@]2(O[C@](C)([C@H]3CC[C@](C)([C@@H]4OC([C@H]5O[C@@](O)(CO)[C@@H](C)C[C@H]5C)C[C@H]4C)O3)C[C@H]2C)[C@@H]1C. The molecule has 294 valence electrons. The van der Waals surface area contributed by atoms with Crippen molar-refractivity contribution in [2.45, 2.75) is 192 Å². The Morgan fingerprint density at radius 1 is 0.863 bits per heavy atom. The van der Waals surface area contributed by atoms with E-state index in [0.717, 1.165) is 51.4 Å². The molecule has 0 aliphatic carbocycles. The van der Waals surface area contributed by atoms with Gasteiger partial charge in [0.2, 0.25) is 0 Å². The van der Waals surface area contributed by atoms with E-state index in [-0.39, 0.29) is 84.3 Å². The summed E-state index contributed by atoms with van der Waals surface area (Å²) in [6, 6.07) is 0. The van der Waals surface area contributed by atoms with E-state index in [1.54, 1.807) is 14.0 Å². The third kappa shape index (κ3) is 7.19. The van der Waals surface area contributed by atoms with Crippen molar-refractivity contribution in [3.05, 3.63) is 0 Å². The van der Waals surface area contributed by atoms with Gasteiger partial charge in [-0.25, -0.2) is 0 Å². The van der Waals surface area contributed by atoms with Crippen LogP contribution in [-0.2, 0) is 38.0 Å². The third-order valence-corrected chi connectivity index (χ3v) is 14.4. The molecule has 11 nitrogen and oxygen atoms in total. The fourth-order valence-electron chi connectivity index (χ4n) is 11.3. The third-order valence-electron chi connectivity index (χ3n) is 14.4. The van der Waals surface area contributed by atoms with Crippen LogP contribution in [0.4, 0.5) is 0 Å². The van der Waals surface area contributed by atoms with Crippen LogP contribution in [0.3, 0.4) is 0 Å². The molecular weight excluding hydrogens is 656 g/mol. The van der Waals surface area contributed by atoms with Crippen molar-refractivity contribution in [2.75, 3.05) is 13.7 Å². The van der Waals surface area contributed by atoms with Crippen LogP contribution in [0.15, 0.2) is 0 Å². The number of ether oxygens (including phenoxy) is 7. The van der Waals surface area contributed by atoms with E-state index in [1.807, 2.05) is 6.92 Å². The molecule has 11 heteroatoms. The maximum absolute atomic E-state index is 11.8. The minimum atomic E-state index is -1.55. The maximum atomic E-state index is 11.8. The van der Waals surface area contributed by atoms with Gasteiger partial charge < -0.3 is 48.5 Å². The molecule has 0 aromatic carbocycles. The molecule has 6 heterocycles. The Kier molecular flexibility index (Phi) is 11.4. The molecular formula is C40H68O11. The molecule has 6 aliphatic rings. The largest absolute Gasteiger partial charge is 0.481 e. The van der Waals surface area contributed by atoms with E-state index < -0.39 is 41.3 Å². The minimum Gasteiger partial charge on any atom is -0.481 e. The first kappa shape index (κ1) is 39.8. The number of methoxy groups -OCH3 is 1. The highest BCUT2D eigenvalue weighted by Gasteiger charge is 2.65. The van der Waals surface area contributed by atoms with Crippen LogP contribution >= 0.6 is 0 Å². The number of hydrogen-bond acceptors (Lipinski definition) is 10. The normalized spacial score (nSPS) is 54.2. The summed E-state index contributed by atoms with van der Waals surface area (Å²) < 4.78 is 47.0. The molecule has 0 radical (unpaired) electrons. The summed E-state index contributed by atoms with van der Waals surface area (Å²) in [7, 11) is 1.77. The van der Waals surface area contributed by atoms with Crippen LogP contribution in [0, 0.1) is 41.4 Å².